The maximum absolute atomic E-state index is 8.82. The van der Waals surface area contributed by atoms with Crippen LogP contribution in [0.2, 0.25) is 0 Å². The molecule has 0 aliphatic carbocycles. The van der Waals surface area contributed by atoms with Gasteiger partial charge >= 0.3 is 0 Å². The van der Waals surface area contributed by atoms with Gasteiger partial charge in [0, 0.05) is 17.0 Å². The van der Waals surface area contributed by atoms with Crippen LogP contribution in [0.15, 0.2) is 28.7 Å². The molecule has 1 heterocycles. The zero-order valence-electron chi connectivity index (χ0n) is 10.3. The van der Waals surface area contributed by atoms with Crippen molar-refractivity contribution in [2.24, 2.45) is 0 Å². The quantitative estimate of drug-likeness (QED) is 0.908. The van der Waals surface area contributed by atoms with Crippen LogP contribution in [0.5, 0.6) is 0 Å². The van der Waals surface area contributed by atoms with Gasteiger partial charge in [0.2, 0.25) is 0 Å². The first-order chi connectivity index (χ1) is 9.12. The minimum Gasteiger partial charge on any atom is -0.384 e. The van der Waals surface area contributed by atoms with Gasteiger partial charge in [-0.1, -0.05) is 6.92 Å². The lowest BCUT2D eigenvalue weighted by molar-refractivity contribution is 0.948. The Balaban J connectivity index is 2.31. The van der Waals surface area contributed by atoms with Gasteiger partial charge in [-0.25, -0.2) is 9.97 Å². The number of nitriles is 1. The number of rotatable bonds is 3. The molecule has 0 fully saturated rings. The number of nitrogen functional groups attached to an aromatic ring is 1. The molecule has 0 radical (unpaired) electrons. The summed E-state index contributed by atoms with van der Waals surface area (Å²) in [5.41, 5.74) is 7.14. The van der Waals surface area contributed by atoms with Crippen LogP contribution in [0.1, 0.15) is 18.3 Å². The minimum absolute atomic E-state index is 0.430. The Morgan fingerprint density at radius 2 is 2.16 bits per heavy atom. The van der Waals surface area contributed by atoms with Crippen molar-refractivity contribution >= 4 is 33.3 Å². The lowest BCUT2D eigenvalue weighted by Crippen LogP contribution is -2.03. The number of benzene rings is 1. The first-order valence-corrected chi connectivity index (χ1v) is 6.51. The van der Waals surface area contributed by atoms with Gasteiger partial charge < -0.3 is 11.1 Å². The molecule has 1 aromatic heterocycles. The molecular weight excluding hydrogens is 306 g/mol. The fourth-order valence-corrected chi connectivity index (χ4v) is 2.04. The van der Waals surface area contributed by atoms with Gasteiger partial charge in [-0.05, 0) is 34.1 Å². The summed E-state index contributed by atoms with van der Waals surface area (Å²) in [7, 11) is 0. The highest BCUT2D eigenvalue weighted by atomic mass is 79.9. The number of nitrogens with zero attached hydrogens (tertiary/aromatic N) is 3. The van der Waals surface area contributed by atoms with Gasteiger partial charge in [0.25, 0.3) is 0 Å². The second-order valence-electron chi connectivity index (χ2n) is 3.88. The Bertz CT molecular complexity index is 648. The predicted molar refractivity (Wildman–Crippen MR) is 78.0 cm³/mol. The summed E-state index contributed by atoms with van der Waals surface area (Å²) < 4.78 is 0.793. The Kier molecular flexibility index (Phi) is 3.97. The summed E-state index contributed by atoms with van der Waals surface area (Å²) in [4.78, 5) is 8.46. The van der Waals surface area contributed by atoms with Crippen LogP contribution >= 0.6 is 15.9 Å². The maximum Gasteiger partial charge on any atom is 0.136 e. The van der Waals surface area contributed by atoms with E-state index in [2.05, 4.69) is 37.3 Å². The summed E-state index contributed by atoms with van der Waals surface area (Å²) in [5, 5.41) is 12.0. The second-order valence-corrected chi connectivity index (χ2v) is 4.73. The molecule has 5 nitrogen and oxygen atoms in total. The summed E-state index contributed by atoms with van der Waals surface area (Å²) in [6, 6.07) is 9.04. The molecule has 19 heavy (non-hydrogen) atoms. The first-order valence-electron chi connectivity index (χ1n) is 5.72. The van der Waals surface area contributed by atoms with Crippen molar-refractivity contribution < 1.29 is 0 Å². The van der Waals surface area contributed by atoms with Crippen LogP contribution in [-0.4, -0.2) is 9.97 Å². The lowest BCUT2D eigenvalue weighted by atomic mass is 10.2. The number of halogens is 1. The number of nitrogens with one attached hydrogen (secondary N) is 1. The van der Waals surface area contributed by atoms with E-state index in [9.17, 15) is 0 Å². The van der Waals surface area contributed by atoms with E-state index in [4.69, 9.17) is 11.0 Å². The molecule has 0 unspecified atom stereocenters. The molecule has 3 N–H and O–H groups in total. The predicted octanol–water partition coefficient (Wildman–Crippen LogP) is 3.00. The Morgan fingerprint density at radius 1 is 1.37 bits per heavy atom. The van der Waals surface area contributed by atoms with Gasteiger partial charge in [-0.15, -0.1) is 0 Å². The van der Waals surface area contributed by atoms with Crippen molar-refractivity contribution in [3.05, 3.63) is 40.1 Å². The van der Waals surface area contributed by atoms with Gasteiger partial charge in [0.1, 0.15) is 17.5 Å². The molecule has 0 aliphatic rings. The van der Waals surface area contributed by atoms with Crippen LogP contribution in [0.3, 0.4) is 0 Å². The van der Waals surface area contributed by atoms with E-state index in [0.717, 1.165) is 10.2 Å². The molecule has 0 bridgehead atoms. The average molecular weight is 318 g/mol. The zero-order chi connectivity index (χ0) is 13.8. The minimum atomic E-state index is 0.430. The van der Waals surface area contributed by atoms with E-state index in [1.165, 1.54) is 0 Å². The highest BCUT2D eigenvalue weighted by Gasteiger charge is 2.05. The third-order valence-corrected chi connectivity index (χ3v) is 3.13. The summed E-state index contributed by atoms with van der Waals surface area (Å²) in [6.45, 7) is 1.97. The molecule has 0 aliphatic heterocycles. The normalized spacial score (nSPS) is 9.95. The van der Waals surface area contributed by atoms with Crippen molar-refractivity contribution in [2.45, 2.75) is 13.3 Å². The summed E-state index contributed by atoms with van der Waals surface area (Å²) >= 11 is 3.41. The molecule has 0 amide bonds. The van der Waals surface area contributed by atoms with Gasteiger partial charge in [-0.3, -0.25) is 0 Å². The molecule has 6 heteroatoms. The van der Waals surface area contributed by atoms with Gasteiger partial charge in [-0.2, -0.15) is 5.26 Å². The lowest BCUT2D eigenvalue weighted by Gasteiger charge is -2.09. The van der Waals surface area contributed by atoms with Crippen molar-refractivity contribution in [1.29, 1.82) is 5.26 Å². The van der Waals surface area contributed by atoms with E-state index >= 15 is 0 Å². The highest BCUT2D eigenvalue weighted by Crippen LogP contribution is 2.26. The number of anilines is 3. The Labute approximate surface area is 119 Å². The van der Waals surface area contributed by atoms with Crippen LogP contribution in [0, 0.1) is 11.3 Å². The van der Waals surface area contributed by atoms with Crippen LogP contribution in [0.25, 0.3) is 0 Å². The molecule has 0 spiro atoms. The van der Waals surface area contributed by atoms with Crippen LogP contribution < -0.4 is 11.1 Å². The largest absolute Gasteiger partial charge is 0.384 e. The molecule has 0 saturated heterocycles. The third kappa shape index (κ3) is 3.20. The number of aromatic nitrogens is 2. The number of hydrogen-bond acceptors (Lipinski definition) is 5. The van der Waals surface area contributed by atoms with E-state index in [0.29, 0.717) is 29.4 Å². The van der Waals surface area contributed by atoms with Gasteiger partial charge in [0.05, 0.1) is 17.3 Å². The Morgan fingerprint density at radius 3 is 2.79 bits per heavy atom. The van der Waals surface area contributed by atoms with Crippen LogP contribution in [-0.2, 0) is 6.42 Å². The van der Waals surface area contributed by atoms with E-state index in [1.807, 2.05) is 13.0 Å². The fraction of sp³-hybridized carbons (Fsp3) is 0.154. The van der Waals surface area contributed by atoms with E-state index < -0.39 is 0 Å². The number of hydrogen-bond donors (Lipinski definition) is 2. The smallest absolute Gasteiger partial charge is 0.136 e. The van der Waals surface area contributed by atoms with Gasteiger partial charge in [0.15, 0.2) is 0 Å². The topological polar surface area (TPSA) is 87.6 Å². The summed E-state index contributed by atoms with van der Waals surface area (Å²) in [5.74, 6) is 1.75. The molecule has 2 rings (SSSR count). The highest BCUT2D eigenvalue weighted by molar-refractivity contribution is 9.10. The van der Waals surface area contributed by atoms with Crippen molar-refractivity contribution in [3.8, 4) is 6.07 Å². The number of nitrogens with two attached hydrogens (primary N) is 1. The summed E-state index contributed by atoms with van der Waals surface area (Å²) in [6.07, 6.45) is 0.717. The average Bonchev–Trinajstić information content (AvgIpc) is 2.40. The maximum atomic E-state index is 8.82. The third-order valence-electron chi connectivity index (χ3n) is 2.47. The number of aryl methyl sites for hydroxylation is 1. The fourth-order valence-electron chi connectivity index (χ4n) is 1.56. The van der Waals surface area contributed by atoms with Crippen LogP contribution in [0.4, 0.5) is 17.3 Å². The second kappa shape index (κ2) is 5.67. The monoisotopic (exact) mass is 317 g/mol. The molecule has 0 saturated carbocycles. The molecule has 2 aromatic rings. The zero-order valence-corrected chi connectivity index (χ0v) is 11.9. The molecule has 96 valence electrons. The Hall–Kier alpha value is -2.13. The molecule has 1 aromatic carbocycles. The molecule has 0 atom stereocenters. The van der Waals surface area contributed by atoms with Crippen molar-refractivity contribution in [1.82, 2.24) is 9.97 Å². The van der Waals surface area contributed by atoms with E-state index in [1.54, 1.807) is 18.2 Å². The van der Waals surface area contributed by atoms with Crippen molar-refractivity contribution in [3.63, 3.8) is 0 Å². The standard InChI is InChI=1S/C13H12BrN5/c1-2-12-18-11(16)6-13(19-12)17-10-4-3-8(7-15)5-9(10)14/h3-6H,2H2,1H3,(H3,16,17,18,19). The van der Waals surface area contributed by atoms with Crippen molar-refractivity contribution in [2.75, 3.05) is 11.1 Å². The SMILES string of the molecule is CCc1nc(N)cc(Nc2ccc(C#N)cc2Br)n1. The molecular formula is C13H12BrN5. The first kappa shape index (κ1) is 13.3. The van der Waals surface area contributed by atoms with E-state index in [-0.39, 0.29) is 0 Å².